The summed E-state index contributed by atoms with van der Waals surface area (Å²) in [5.41, 5.74) is -5.87. The first-order valence-corrected chi connectivity index (χ1v) is 50.5. The predicted molar refractivity (Wildman–Crippen MR) is 505 cm³/mol. The van der Waals surface area contributed by atoms with Crippen LogP contribution in [-0.4, -0.2) is 147 Å². The highest BCUT2D eigenvalue weighted by atomic mass is 32.2. The van der Waals surface area contributed by atoms with Gasteiger partial charge < -0.3 is 75.7 Å². The van der Waals surface area contributed by atoms with Crippen molar-refractivity contribution >= 4 is 64.8 Å². The molecule has 28 nitrogen and oxygen atoms in total. The van der Waals surface area contributed by atoms with E-state index in [1.54, 1.807) is 111 Å². The lowest BCUT2D eigenvalue weighted by molar-refractivity contribution is 0.0218. The van der Waals surface area contributed by atoms with Crippen molar-refractivity contribution in [2.75, 3.05) is 26.2 Å². The number of rotatable bonds is 32. The summed E-state index contributed by atoms with van der Waals surface area (Å²) >= 11 is 0. The minimum absolute atomic E-state index is 0.0640. The molecule has 4 N–H and O–H groups in total. The predicted octanol–water partition coefficient (Wildman–Crippen LogP) is 21.9. The highest BCUT2D eigenvalue weighted by molar-refractivity contribution is 7.88. The number of amides is 4. The van der Waals surface area contributed by atoms with Gasteiger partial charge in [0.2, 0.25) is 0 Å². The lowest BCUT2D eigenvalue weighted by Crippen LogP contribution is -2.37. The molecule has 132 heavy (non-hydrogen) atoms. The van der Waals surface area contributed by atoms with Gasteiger partial charge in [0.15, 0.2) is 23.0 Å². The maximum absolute atomic E-state index is 16.0. The van der Waals surface area contributed by atoms with Gasteiger partial charge in [-0.1, -0.05) is 152 Å². The Morgan fingerprint density at radius 3 is 0.621 bits per heavy atom. The molecule has 8 bridgehead atoms. The van der Waals surface area contributed by atoms with Crippen LogP contribution >= 0.6 is 0 Å². The minimum atomic E-state index is -5.25. The number of hydrogen-bond acceptors (Lipinski definition) is 24. The Bertz CT molecular complexity index is 5360. The van der Waals surface area contributed by atoms with Crippen molar-refractivity contribution in [1.29, 1.82) is 0 Å². The smallest absolute Gasteiger partial charge is 0.410 e. The molecule has 0 saturated heterocycles. The van der Waals surface area contributed by atoms with Gasteiger partial charge in [0, 0.05) is 94.4 Å². The summed E-state index contributed by atoms with van der Waals surface area (Å²) in [5.74, 6) is -12.2. The molecule has 0 heterocycles. The van der Waals surface area contributed by atoms with Gasteiger partial charge in [0.1, 0.15) is 65.0 Å². The highest BCUT2D eigenvalue weighted by Crippen LogP contribution is 2.56. The molecule has 4 amide bonds. The van der Waals surface area contributed by atoms with E-state index >= 15 is 52.8 Å². The summed E-state index contributed by atoms with van der Waals surface area (Å²) in [4.78, 5) is 64.0. The molecule has 4 atom stereocenters. The van der Waals surface area contributed by atoms with Crippen LogP contribution in [0.4, 0.5) is 19.2 Å². The van der Waals surface area contributed by atoms with Gasteiger partial charge >= 0.3 is 64.8 Å². The zero-order chi connectivity index (χ0) is 98.2. The van der Waals surface area contributed by atoms with Crippen LogP contribution < -0.4 is 16.7 Å². The third kappa shape index (κ3) is 25.9. The van der Waals surface area contributed by atoms with Gasteiger partial charge in [0.25, 0.3) is 0 Å². The van der Waals surface area contributed by atoms with E-state index in [9.17, 15) is 20.4 Å². The molecule has 720 valence electrons. The Kier molecular flexibility index (Phi) is 33.4. The van der Waals surface area contributed by atoms with Crippen molar-refractivity contribution in [1.82, 2.24) is 19.6 Å². The lowest BCUT2D eigenvalue weighted by atomic mass is 9.78. The maximum Gasteiger partial charge on any atom is 0.410 e. The Labute approximate surface area is 780 Å². The van der Waals surface area contributed by atoms with Crippen LogP contribution in [0, 0.1) is 27.7 Å². The van der Waals surface area contributed by atoms with E-state index in [-0.39, 0.29) is 83.5 Å². The second-order valence-corrected chi connectivity index (χ2v) is 44.3. The van der Waals surface area contributed by atoms with Crippen LogP contribution in [0.25, 0.3) is 0 Å². The van der Waals surface area contributed by atoms with Crippen LogP contribution in [0.5, 0.6) is 46.0 Å². The fourth-order valence-corrected chi connectivity index (χ4v) is 19.1. The summed E-state index contributed by atoms with van der Waals surface area (Å²) in [6, 6.07) is 27.7. The molecule has 0 radical (unpaired) electrons. The first kappa shape index (κ1) is 105. The SMILES string of the molecule is CCCCN(Cc1c(O)c2cc(c1O)C(C)c1cc(c(OS(=O)(=O)c3ccc(C)cc3)c(CN(CCCC)C(=O)OC(C)(C)C)c1OS(=O)(=O)c1ccc(C)cc1)C(C)c1cc(c(O)c(CN(CCCC)C(=O)OC(C)(C)C)c1O)C(C)c1cc(c(OS(=O)(=O)c3ccc(C)cc3)c(CN(CCCC)C(=O)OC(C)(C)C)c1OS(=O)(=O)c1ccc(C)cc1)C2C)C(=O)OC(C)(C)C. The van der Waals surface area contributed by atoms with Crippen molar-refractivity contribution in [2.24, 2.45) is 0 Å². The third-order valence-corrected chi connectivity index (χ3v) is 27.4. The van der Waals surface area contributed by atoms with E-state index in [4.69, 9.17) is 35.7 Å². The topological polar surface area (TPSA) is 373 Å². The number of hydrogen-bond donors (Lipinski definition) is 4. The van der Waals surface area contributed by atoms with Crippen molar-refractivity contribution < 1.29 is 109 Å². The van der Waals surface area contributed by atoms with Gasteiger partial charge in [-0.25, -0.2) is 19.2 Å². The van der Waals surface area contributed by atoms with Crippen LogP contribution in [0.3, 0.4) is 0 Å². The number of nitrogens with zero attached hydrogens (tertiary/aromatic N) is 4. The largest absolute Gasteiger partial charge is 0.507 e. The molecule has 4 unspecified atom stereocenters. The molecular weight excluding hydrogens is 1770 g/mol. The van der Waals surface area contributed by atoms with Gasteiger partial charge in [0.05, 0.1) is 48.4 Å². The van der Waals surface area contributed by atoms with Crippen molar-refractivity contribution in [3.8, 4) is 46.0 Å². The van der Waals surface area contributed by atoms with E-state index in [1.165, 1.54) is 169 Å². The number of benzene rings is 8. The fourth-order valence-electron chi connectivity index (χ4n) is 15.1. The summed E-state index contributed by atoms with van der Waals surface area (Å²) in [5, 5.41) is 55.9. The molecule has 0 saturated carbocycles. The number of unbranched alkanes of at least 4 members (excludes halogenated alkanes) is 4. The number of ether oxygens (including phenoxy) is 4. The Balaban J connectivity index is 1.67. The standard InChI is InChI=1S/C100H132N4O24S4/c1-25-29-49-101(93(109)121-97(13,14)15)57-81-85(105)73-53-74(86(81)106)66(10)78-56-80(92(128-132(119,120)72-47-39-64(8)40-48-72)84(60-104(52-32-28-4)96(112)124-100(22,23)24)90(78)126-130(115,116)70-43-35-62(6)36-44-70)68(12)76-54-75(87(107)82(88(76)108)58-102(50-30-26-2)94(110)122-98(16,17)18)67(11)79-55-77(65(73)9)89(125-129(113,114)69-41-33-61(5)34-42-69)83(59-103(51-31-27-3)95(111)123-99(19,20)21)91(79)127-131(117,118)71-45-37-63(7)38-46-71/h33-48,53-56,65-68,105-108H,25-32,49-52,57-60H2,1-24H3. The second-order valence-electron chi connectivity index (χ2n) is 38.2. The van der Waals surface area contributed by atoms with E-state index < -0.39 is 225 Å². The van der Waals surface area contributed by atoms with Crippen LogP contribution in [0.2, 0.25) is 0 Å². The summed E-state index contributed by atoms with van der Waals surface area (Å²) in [7, 11) is -21.0. The summed E-state index contributed by atoms with van der Waals surface area (Å²) in [6.45, 7) is 36.5. The van der Waals surface area contributed by atoms with E-state index in [2.05, 4.69) is 0 Å². The number of carbonyl (C=O) groups is 4. The average molecular weight is 1900 g/mol. The Morgan fingerprint density at radius 1 is 0.288 bits per heavy atom. The Morgan fingerprint density at radius 2 is 0.455 bits per heavy atom. The molecule has 0 fully saturated rings. The van der Waals surface area contributed by atoms with E-state index in [0.29, 0.717) is 60.8 Å². The highest BCUT2D eigenvalue weighted by Gasteiger charge is 2.43. The number of aryl methyl sites for hydroxylation is 4. The average Bonchev–Trinajstić information content (AvgIpc) is 0.726. The molecule has 8 aromatic rings. The van der Waals surface area contributed by atoms with Gasteiger partial charge in [-0.05, 0) is 209 Å². The molecule has 8 aromatic carbocycles. The molecule has 0 spiro atoms. The van der Waals surface area contributed by atoms with Gasteiger partial charge in [-0.15, -0.1) is 0 Å². The monoisotopic (exact) mass is 1900 g/mol. The zero-order valence-corrected chi connectivity index (χ0v) is 83.8. The summed E-state index contributed by atoms with van der Waals surface area (Å²) in [6.07, 6.45) is -0.739. The minimum Gasteiger partial charge on any atom is -0.507 e. The normalized spacial score (nSPS) is 15.0. The van der Waals surface area contributed by atoms with Gasteiger partial charge in [-0.2, -0.15) is 33.7 Å². The number of phenolic OH excluding ortho intramolecular Hbond substituents is 4. The molecule has 32 heteroatoms. The van der Waals surface area contributed by atoms with Crippen LogP contribution in [0.1, 0.15) is 303 Å². The fraction of sp³-hybridized carbons (Fsp3) is 0.480. The van der Waals surface area contributed by atoms with Crippen molar-refractivity contribution in [3.05, 3.63) is 210 Å². The number of carbonyl (C=O) groups excluding carboxylic acids is 4. The first-order chi connectivity index (χ1) is 61.3. The van der Waals surface area contributed by atoms with Crippen LogP contribution in [-0.2, 0) is 85.6 Å². The molecule has 9 rings (SSSR count). The van der Waals surface area contributed by atoms with E-state index in [1.807, 2.05) is 27.7 Å². The van der Waals surface area contributed by atoms with Gasteiger partial charge in [-0.3, -0.25) is 0 Å². The quantitative estimate of drug-likeness (QED) is 0.0225. The number of phenols is 4. The third-order valence-electron chi connectivity index (χ3n) is 22.5. The molecular formula is C100H132N4O24S4. The maximum atomic E-state index is 16.0. The summed E-state index contributed by atoms with van der Waals surface area (Å²) < 4.78 is 179. The first-order valence-electron chi connectivity index (χ1n) is 44.9. The van der Waals surface area contributed by atoms with E-state index in [0.717, 1.165) is 0 Å². The molecule has 0 aliphatic heterocycles. The molecule has 1 aliphatic rings. The van der Waals surface area contributed by atoms with Crippen molar-refractivity contribution in [3.63, 3.8) is 0 Å². The Hall–Kier alpha value is -11.0. The number of fused-ring (bicyclic) bond motifs is 8. The van der Waals surface area contributed by atoms with Crippen LogP contribution in [0.15, 0.2) is 141 Å². The van der Waals surface area contributed by atoms with Crippen molar-refractivity contribution in [2.45, 2.75) is 309 Å². The lowest BCUT2D eigenvalue weighted by Gasteiger charge is -2.33. The zero-order valence-electron chi connectivity index (χ0n) is 80.5. The second kappa shape index (κ2) is 42.1. The molecule has 0 aromatic heterocycles. The molecule has 1 aliphatic carbocycles. The number of aromatic hydroxyl groups is 4.